The number of halogens is 3. The molecule has 2 fully saturated rings. The Kier molecular flexibility index (Phi) is 3.74. The van der Waals surface area contributed by atoms with Gasteiger partial charge in [0.05, 0.1) is 24.8 Å². The molecule has 144 valence electrons. The lowest BCUT2D eigenvalue weighted by Gasteiger charge is -2.53. The minimum absolute atomic E-state index is 0.0572. The van der Waals surface area contributed by atoms with E-state index in [0.717, 1.165) is 17.0 Å². The van der Waals surface area contributed by atoms with Gasteiger partial charge in [-0.15, -0.1) is 0 Å². The summed E-state index contributed by atoms with van der Waals surface area (Å²) in [4.78, 5) is 40.2. The number of nitrogens with one attached hydrogen (secondary N) is 1. The molecule has 0 aromatic heterocycles. The summed E-state index contributed by atoms with van der Waals surface area (Å²) in [5.74, 6) is -1.54. The van der Waals surface area contributed by atoms with Crippen molar-refractivity contribution in [1.82, 2.24) is 10.2 Å². The van der Waals surface area contributed by atoms with Crippen molar-refractivity contribution >= 4 is 23.5 Å². The molecule has 0 aliphatic carbocycles. The van der Waals surface area contributed by atoms with Gasteiger partial charge in [-0.2, -0.15) is 13.2 Å². The fourth-order valence-corrected chi connectivity index (χ4v) is 4.13. The SMILES string of the molecule is CN1C(=O)NC(=O)C2(Cc3cc(C(F)(F)F)ccc3N3CCOCC32)C1=O. The summed E-state index contributed by atoms with van der Waals surface area (Å²) >= 11 is 0. The number of rotatable bonds is 0. The van der Waals surface area contributed by atoms with Gasteiger partial charge < -0.3 is 9.64 Å². The van der Waals surface area contributed by atoms with Crippen molar-refractivity contribution in [2.45, 2.75) is 18.6 Å². The molecule has 0 radical (unpaired) electrons. The smallest absolute Gasteiger partial charge is 0.377 e. The van der Waals surface area contributed by atoms with Crippen LogP contribution in [-0.4, -0.2) is 55.6 Å². The van der Waals surface area contributed by atoms with E-state index in [-0.39, 0.29) is 18.6 Å². The molecule has 0 bridgehead atoms. The van der Waals surface area contributed by atoms with Crippen LogP contribution in [0, 0.1) is 5.41 Å². The molecule has 10 heteroatoms. The van der Waals surface area contributed by atoms with Crippen LogP contribution in [0.1, 0.15) is 11.1 Å². The molecule has 2 atom stereocenters. The summed E-state index contributed by atoms with van der Waals surface area (Å²) in [6.07, 6.45) is -4.78. The predicted molar refractivity (Wildman–Crippen MR) is 85.8 cm³/mol. The van der Waals surface area contributed by atoms with Gasteiger partial charge in [0.15, 0.2) is 5.41 Å². The highest BCUT2D eigenvalue weighted by Gasteiger charge is 2.62. The van der Waals surface area contributed by atoms with Crippen LogP contribution in [-0.2, 0) is 26.9 Å². The zero-order valence-corrected chi connectivity index (χ0v) is 14.3. The van der Waals surface area contributed by atoms with Crippen LogP contribution in [0.2, 0.25) is 0 Å². The van der Waals surface area contributed by atoms with Gasteiger partial charge in [-0.05, 0) is 30.2 Å². The van der Waals surface area contributed by atoms with Gasteiger partial charge in [0, 0.05) is 19.3 Å². The van der Waals surface area contributed by atoms with Crippen molar-refractivity contribution in [1.29, 1.82) is 0 Å². The van der Waals surface area contributed by atoms with Gasteiger partial charge >= 0.3 is 12.2 Å². The second-order valence-corrected chi connectivity index (χ2v) is 6.90. The number of barbiturate groups is 1. The number of morpholine rings is 1. The molecule has 2 unspecified atom stereocenters. The van der Waals surface area contributed by atoms with E-state index in [4.69, 9.17) is 4.74 Å². The van der Waals surface area contributed by atoms with Crippen LogP contribution in [0.25, 0.3) is 0 Å². The van der Waals surface area contributed by atoms with Crippen LogP contribution >= 0.6 is 0 Å². The van der Waals surface area contributed by atoms with Gasteiger partial charge in [-0.3, -0.25) is 19.8 Å². The highest BCUT2D eigenvalue weighted by atomic mass is 19.4. The summed E-state index contributed by atoms with van der Waals surface area (Å²) < 4.78 is 44.9. The third-order valence-corrected chi connectivity index (χ3v) is 5.50. The molecule has 27 heavy (non-hydrogen) atoms. The number of alkyl halides is 3. The minimum atomic E-state index is -4.55. The fraction of sp³-hybridized carbons (Fsp3) is 0.471. The number of carbonyl (C=O) groups is 3. The van der Waals surface area contributed by atoms with Crippen molar-refractivity contribution in [3.05, 3.63) is 29.3 Å². The van der Waals surface area contributed by atoms with Crippen LogP contribution in [0.15, 0.2) is 18.2 Å². The Morgan fingerprint density at radius 1 is 1.26 bits per heavy atom. The van der Waals surface area contributed by atoms with E-state index in [2.05, 4.69) is 5.32 Å². The summed E-state index contributed by atoms with van der Waals surface area (Å²) in [7, 11) is 1.24. The third kappa shape index (κ3) is 2.43. The van der Waals surface area contributed by atoms with Crippen LogP contribution in [0.4, 0.5) is 23.7 Å². The number of anilines is 1. The predicted octanol–water partition coefficient (Wildman–Crippen LogP) is 1.16. The van der Waals surface area contributed by atoms with E-state index in [9.17, 15) is 27.6 Å². The van der Waals surface area contributed by atoms with Gasteiger partial charge in [0.2, 0.25) is 11.8 Å². The first-order valence-corrected chi connectivity index (χ1v) is 8.34. The molecule has 1 aromatic rings. The Morgan fingerprint density at radius 2 is 2.00 bits per heavy atom. The summed E-state index contributed by atoms with van der Waals surface area (Å²) in [5.41, 5.74) is -1.78. The maximum Gasteiger partial charge on any atom is 0.416 e. The Balaban J connectivity index is 1.89. The number of carbonyl (C=O) groups excluding carboxylic acids is 3. The van der Waals surface area contributed by atoms with E-state index < -0.39 is 41.0 Å². The molecule has 4 rings (SSSR count). The zero-order valence-electron chi connectivity index (χ0n) is 14.3. The van der Waals surface area contributed by atoms with Crippen molar-refractivity contribution in [2.24, 2.45) is 5.41 Å². The molecular formula is C17H16F3N3O4. The third-order valence-electron chi connectivity index (χ3n) is 5.50. The lowest BCUT2D eigenvalue weighted by Crippen LogP contribution is -2.73. The number of fused-ring (bicyclic) bond motifs is 4. The minimum Gasteiger partial charge on any atom is -0.377 e. The molecule has 0 saturated carbocycles. The van der Waals surface area contributed by atoms with E-state index >= 15 is 0 Å². The van der Waals surface area contributed by atoms with Crippen molar-refractivity contribution in [2.75, 3.05) is 31.7 Å². The number of benzene rings is 1. The maximum absolute atomic E-state index is 13.2. The van der Waals surface area contributed by atoms with Crippen molar-refractivity contribution in [3.8, 4) is 0 Å². The number of ether oxygens (including phenoxy) is 1. The van der Waals surface area contributed by atoms with Crippen molar-refractivity contribution in [3.63, 3.8) is 0 Å². The van der Waals surface area contributed by atoms with E-state index in [0.29, 0.717) is 18.8 Å². The second kappa shape index (κ2) is 5.69. The molecule has 2 saturated heterocycles. The van der Waals surface area contributed by atoms with Gasteiger partial charge in [-0.1, -0.05) is 0 Å². The quantitative estimate of drug-likeness (QED) is 0.681. The molecule has 7 nitrogen and oxygen atoms in total. The van der Waals surface area contributed by atoms with Crippen LogP contribution < -0.4 is 10.2 Å². The van der Waals surface area contributed by atoms with Gasteiger partial charge in [-0.25, -0.2) is 4.79 Å². The van der Waals surface area contributed by atoms with E-state index in [1.54, 1.807) is 4.90 Å². The molecule has 1 aromatic carbocycles. The first-order valence-electron chi connectivity index (χ1n) is 8.34. The number of nitrogens with zero attached hydrogens (tertiary/aromatic N) is 2. The number of urea groups is 1. The summed E-state index contributed by atoms with van der Waals surface area (Å²) in [6.45, 7) is 0.697. The number of amides is 4. The molecule has 3 aliphatic rings. The monoisotopic (exact) mass is 383 g/mol. The van der Waals surface area contributed by atoms with E-state index in [1.165, 1.54) is 13.1 Å². The van der Waals surface area contributed by atoms with Crippen LogP contribution in [0.5, 0.6) is 0 Å². The first-order chi connectivity index (χ1) is 12.7. The molecule has 3 aliphatic heterocycles. The normalized spacial score (nSPS) is 28.1. The zero-order chi connectivity index (χ0) is 19.6. The number of hydrogen-bond donors (Lipinski definition) is 1. The molecule has 4 amide bonds. The topological polar surface area (TPSA) is 79.0 Å². The second-order valence-electron chi connectivity index (χ2n) is 6.90. The molecule has 1 spiro atoms. The van der Waals surface area contributed by atoms with E-state index in [1.807, 2.05) is 0 Å². The Labute approximate surface area is 152 Å². The maximum atomic E-state index is 13.2. The lowest BCUT2D eigenvalue weighted by molar-refractivity contribution is -0.155. The Hall–Kier alpha value is -2.62. The highest BCUT2D eigenvalue weighted by Crippen LogP contribution is 2.46. The largest absolute Gasteiger partial charge is 0.416 e. The summed E-state index contributed by atoms with van der Waals surface area (Å²) in [6, 6.07) is 1.76. The van der Waals surface area contributed by atoms with Crippen LogP contribution in [0.3, 0.4) is 0 Å². The fourth-order valence-electron chi connectivity index (χ4n) is 4.13. The van der Waals surface area contributed by atoms with Gasteiger partial charge in [0.1, 0.15) is 0 Å². The molecular weight excluding hydrogens is 367 g/mol. The van der Waals surface area contributed by atoms with Gasteiger partial charge in [0.25, 0.3) is 0 Å². The average molecular weight is 383 g/mol. The summed E-state index contributed by atoms with van der Waals surface area (Å²) in [5, 5.41) is 2.15. The Bertz CT molecular complexity index is 856. The molecule has 1 N–H and O–H groups in total. The van der Waals surface area contributed by atoms with Crippen molar-refractivity contribution < 1.29 is 32.3 Å². The average Bonchev–Trinajstić information content (AvgIpc) is 2.63. The number of imide groups is 2. The number of hydrogen-bond acceptors (Lipinski definition) is 5. The first kappa shape index (κ1) is 17.8. The Morgan fingerprint density at radius 3 is 2.70 bits per heavy atom. The molecule has 3 heterocycles. The highest BCUT2D eigenvalue weighted by molar-refractivity contribution is 6.20. The standard InChI is InChI=1S/C17H16F3N3O4/c1-22-14(25)16(13(24)21-15(22)26)7-9-6-10(17(18,19)20)2-3-11(9)23-4-5-27-8-12(16)23/h2-3,6,12H,4-5,7-8H2,1H3,(H,21,24,26). The lowest BCUT2D eigenvalue weighted by atomic mass is 9.68.